The number of aromatic amines is 1. The third-order valence-electron chi connectivity index (χ3n) is 4.08. The van der Waals surface area contributed by atoms with Gasteiger partial charge in [-0.25, -0.2) is 10.1 Å². The Morgan fingerprint density at radius 2 is 2.12 bits per heavy atom. The summed E-state index contributed by atoms with van der Waals surface area (Å²) in [5.41, 5.74) is 7.70. The summed E-state index contributed by atoms with van der Waals surface area (Å²) >= 11 is 1.69. The van der Waals surface area contributed by atoms with Gasteiger partial charge in [-0.3, -0.25) is 0 Å². The Hall–Kier alpha value is -2.58. The molecule has 4 N–H and O–H groups in total. The number of rotatable bonds is 5. The van der Waals surface area contributed by atoms with Crippen molar-refractivity contribution in [1.82, 2.24) is 25.6 Å². The SMILES string of the molecule is CC(C)(N)CCNc1nc2cc(-c3nnn[nH]3)ccc2c2ccsc12. The van der Waals surface area contributed by atoms with Gasteiger partial charge in [-0.05, 0) is 48.2 Å². The van der Waals surface area contributed by atoms with Gasteiger partial charge in [0.25, 0.3) is 0 Å². The molecule has 128 valence electrons. The van der Waals surface area contributed by atoms with Gasteiger partial charge in [0.2, 0.25) is 0 Å². The Balaban J connectivity index is 1.77. The van der Waals surface area contributed by atoms with Crippen LogP contribution in [-0.2, 0) is 0 Å². The average molecular weight is 353 g/mol. The number of benzene rings is 1. The lowest BCUT2D eigenvalue weighted by Gasteiger charge is -2.19. The second-order valence-corrected chi connectivity index (χ2v) is 7.69. The molecule has 0 bridgehead atoms. The highest BCUT2D eigenvalue weighted by atomic mass is 32.1. The van der Waals surface area contributed by atoms with Crippen molar-refractivity contribution in [3.8, 4) is 11.4 Å². The Labute approximate surface area is 148 Å². The second kappa shape index (κ2) is 6.05. The van der Waals surface area contributed by atoms with Crippen molar-refractivity contribution in [1.29, 1.82) is 0 Å². The van der Waals surface area contributed by atoms with Gasteiger partial charge in [0.05, 0.1) is 10.2 Å². The number of hydrogen-bond donors (Lipinski definition) is 3. The van der Waals surface area contributed by atoms with Crippen LogP contribution in [0, 0.1) is 0 Å². The number of thiophene rings is 1. The molecule has 3 aromatic heterocycles. The molecule has 0 saturated carbocycles. The first-order valence-corrected chi connectivity index (χ1v) is 8.97. The summed E-state index contributed by atoms with van der Waals surface area (Å²) in [5, 5.41) is 21.9. The van der Waals surface area contributed by atoms with Gasteiger partial charge < -0.3 is 11.1 Å². The number of anilines is 1. The Bertz CT molecular complexity index is 1010. The predicted octanol–water partition coefficient (Wildman–Crippen LogP) is 3.17. The van der Waals surface area contributed by atoms with Crippen LogP contribution in [0.1, 0.15) is 20.3 Å². The van der Waals surface area contributed by atoms with Crippen LogP contribution in [-0.4, -0.2) is 37.7 Å². The summed E-state index contributed by atoms with van der Waals surface area (Å²) < 4.78 is 1.16. The molecule has 7 nitrogen and oxygen atoms in total. The normalized spacial score (nSPS) is 12.1. The average Bonchev–Trinajstić information content (AvgIpc) is 3.25. The Morgan fingerprint density at radius 1 is 1.24 bits per heavy atom. The third kappa shape index (κ3) is 3.18. The van der Waals surface area contributed by atoms with Crippen molar-refractivity contribution in [3.05, 3.63) is 29.6 Å². The summed E-state index contributed by atoms with van der Waals surface area (Å²) in [6.45, 7) is 4.84. The molecule has 0 fully saturated rings. The lowest BCUT2D eigenvalue weighted by Crippen LogP contribution is -2.34. The van der Waals surface area contributed by atoms with Crippen molar-refractivity contribution in [2.24, 2.45) is 5.73 Å². The number of nitrogens with zero attached hydrogens (tertiary/aromatic N) is 4. The van der Waals surface area contributed by atoms with E-state index in [1.807, 2.05) is 26.0 Å². The van der Waals surface area contributed by atoms with E-state index in [1.165, 1.54) is 5.39 Å². The summed E-state index contributed by atoms with van der Waals surface area (Å²) in [6, 6.07) is 8.22. The van der Waals surface area contributed by atoms with Crippen LogP contribution in [0.4, 0.5) is 5.82 Å². The molecule has 0 amide bonds. The van der Waals surface area contributed by atoms with Gasteiger partial charge in [0.1, 0.15) is 5.82 Å². The summed E-state index contributed by atoms with van der Waals surface area (Å²) in [5.74, 6) is 1.53. The number of pyridine rings is 1. The Kier molecular flexibility index (Phi) is 3.85. The summed E-state index contributed by atoms with van der Waals surface area (Å²) in [4.78, 5) is 4.84. The first kappa shape index (κ1) is 15.9. The minimum Gasteiger partial charge on any atom is -0.369 e. The molecule has 0 radical (unpaired) electrons. The fraction of sp³-hybridized carbons (Fsp3) is 0.294. The standard InChI is InChI=1S/C17H19N7S/c1-17(2,18)6-7-19-16-14-12(5-8-25-14)11-4-3-10(9-13(11)20-16)15-21-23-24-22-15/h3-5,8-9H,6-7,18H2,1-2H3,(H,19,20)(H,21,22,23,24). The van der Waals surface area contributed by atoms with E-state index < -0.39 is 0 Å². The number of nitrogens with one attached hydrogen (secondary N) is 2. The molecular formula is C17H19N7S. The van der Waals surface area contributed by atoms with Crippen molar-refractivity contribution in [2.45, 2.75) is 25.8 Å². The quantitative estimate of drug-likeness (QED) is 0.509. The Morgan fingerprint density at radius 3 is 2.88 bits per heavy atom. The van der Waals surface area contributed by atoms with E-state index in [1.54, 1.807) is 11.3 Å². The molecule has 0 atom stereocenters. The zero-order chi connectivity index (χ0) is 17.4. The van der Waals surface area contributed by atoms with E-state index in [4.69, 9.17) is 10.7 Å². The number of tetrazole rings is 1. The molecule has 4 rings (SSSR count). The van der Waals surface area contributed by atoms with Gasteiger partial charge >= 0.3 is 0 Å². The topological polar surface area (TPSA) is 105 Å². The maximum Gasteiger partial charge on any atom is 0.179 e. The van der Waals surface area contributed by atoms with Gasteiger partial charge in [0.15, 0.2) is 5.82 Å². The molecule has 3 heterocycles. The van der Waals surface area contributed by atoms with Crippen molar-refractivity contribution in [2.75, 3.05) is 11.9 Å². The minimum absolute atomic E-state index is 0.204. The van der Waals surface area contributed by atoms with Gasteiger partial charge in [0, 0.05) is 28.4 Å². The molecule has 25 heavy (non-hydrogen) atoms. The zero-order valence-electron chi connectivity index (χ0n) is 14.1. The first-order chi connectivity index (χ1) is 12.0. The maximum atomic E-state index is 6.08. The maximum absolute atomic E-state index is 6.08. The van der Waals surface area contributed by atoms with Gasteiger partial charge in [-0.1, -0.05) is 12.1 Å². The van der Waals surface area contributed by atoms with Crippen LogP contribution < -0.4 is 11.1 Å². The fourth-order valence-corrected chi connectivity index (χ4v) is 3.65. The largest absolute Gasteiger partial charge is 0.369 e. The second-order valence-electron chi connectivity index (χ2n) is 6.77. The van der Waals surface area contributed by atoms with Crippen LogP contribution in [0.25, 0.3) is 32.4 Å². The number of nitrogens with two attached hydrogens (primary N) is 1. The van der Waals surface area contributed by atoms with Gasteiger partial charge in [-0.15, -0.1) is 16.4 Å². The van der Waals surface area contributed by atoms with E-state index in [0.717, 1.165) is 39.9 Å². The van der Waals surface area contributed by atoms with Crippen molar-refractivity contribution in [3.63, 3.8) is 0 Å². The van der Waals surface area contributed by atoms with Crippen molar-refractivity contribution < 1.29 is 0 Å². The molecule has 0 aliphatic carbocycles. The van der Waals surface area contributed by atoms with E-state index >= 15 is 0 Å². The predicted molar refractivity (Wildman–Crippen MR) is 102 cm³/mol. The zero-order valence-corrected chi connectivity index (χ0v) is 14.9. The van der Waals surface area contributed by atoms with Crippen LogP contribution in [0.2, 0.25) is 0 Å². The third-order valence-corrected chi connectivity index (χ3v) is 5.00. The molecule has 0 unspecified atom stereocenters. The monoisotopic (exact) mass is 353 g/mol. The molecule has 1 aromatic carbocycles. The molecule has 4 aromatic rings. The highest BCUT2D eigenvalue weighted by molar-refractivity contribution is 7.18. The molecule has 0 aliphatic heterocycles. The number of fused-ring (bicyclic) bond motifs is 3. The van der Waals surface area contributed by atoms with Crippen molar-refractivity contribution >= 4 is 38.1 Å². The van der Waals surface area contributed by atoms with Crippen LogP contribution >= 0.6 is 11.3 Å². The van der Waals surface area contributed by atoms with Gasteiger partial charge in [-0.2, -0.15) is 0 Å². The summed E-state index contributed by atoms with van der Waals surface area (Å²) in [7, 11) is 0. The number of aromatic nitrogens is 5. The number of H-pyrrole nitrogens is 1. The summed E-state index contributed by atoms with van der Waals surface area (Å²) in [6.07, 6.45) is 0.864. The molecule has 0 saturated heterocycles. The van der Waals surface area contributed by atoms with E-state index in [-0.39, 0.29) is 5.54 Å². The molecule has 0 spiro atoms. The van der Waals surface area contributed by atoms with Crippen LogP contribution in [0.15, 0.2) is 29.6 Å². The fourth-order valence-electron chi connectivity index (χ4n) is 2.78. The lowest BCUT2D eigenvalue weighted by atomic mass is 10.0. The lowest BCUT2D eigenvalue weighted by molar-refractivity contribution is 0.490. The van der Waals surface area contributed by atoms with E-state index in [0.29, 0.717) is 5.82 Å². The minimum atomic E-state index is -0.204. The van der Waals surface area contributed by atoms with Crippen LogP contribution in [0.5, 0.6) is 0 Å². The van der Waals surface area contributed by atoms with E-state index in [2.05, 4.69) is 43.5 Å². The molecule has 0 aliphatic rings. The number of hydrogen-bond acceptors (Lipinski definition) is 7. The highest BCUT2D eigenvalue weighted by Gasteiger charge is 2.13. The molecule has 8 heteroatoms. The highest BCUT2D eigenvalue weighted by Crippen LogP contribution is 2.34. The smallest absolute Gasteiger partial charge is 0.179 e. The first-order valence-electron chi connectivity index (χ1n) is 8.09. The molecular weight excluding hydrogens is 334 g/mol. The van der Waals surface area contributed by atoms with Crippen LogP contribution in [0.3, 0.4) is 0 Å². The van der Waals surface area contributed by atoms with E-state index in [9.17, 15) is 0 Å².